The van der Waals surface area contributed by atoms with Gasteiger partial charge in [-0.3, -0.25) is 20.2 Å². The molecule has 12 nitrogen and oxygen atoms in total. The maximum atomic E-state index is 12.6. The summed E-state index contributed by atoms with van der Waals surface area (Å²) in [7, 11) is 6.11. The zero-order valence-corrected chi connectivity index (χ0v) is 25.2. The molecule has 15 heteroatoms. The third-order valence-corrected chi connectivity index (χ3v) is 8.37. The minimum absolute atomic E-state index is 0.306. The minimum atomic E-state index is -0.306. The fourth-order valence-corrected chi connectivity index (χ4v) is 6.13. The normalized spacial score (nSPS) is 10.6. The van der Waals surface area contributed by atoms with Crippen LogP contribution in [0.1, 0.15) is 30.7 Å². The van der Waals surface area contributed by atoms with Crippen molar-refractivity contribution in [1.29, 1.82) is 0 Å². The molecular formula is C26H28N6O6S3. The number of hydrogen-bond acceptors (Lipinski definition) is 13. The Bertz CT molecular complexity index is 1380. The van der Waals surface area contributed by atoms with E-state index in [1.165, 1.54) is 51.1 Å². The number of nitrogens with zero attached hydrogens (tertiary/aromatic N) is 4. The number of anilines is 2. The van der Waals surface area contributed by atoms with Gasteiger partial charge in [-0.1, -0.05) is 22.7 Å². The second-order valence-electron chi connectivity index (χ2n) is 8.16. The Kier molecular flexibility index (Phi) is 10.7. The van der Waals surface area contributed by atoms with Gasteiger partial charge in [-0.25, -0.2) is 0 Å². The Hall–Kier alpha value is -3.95. The lowest BCUT2D eigenvalue weighted by Crippen LogP contribution is -2.12. The molecule has 0 atom stereocenters. The van der Waals surface area contributed by atoms with Gasteiger partial charge < -0.3 is 18.9 Å². The quantitative estimate of drug-likeness (QED) is 0.194. The number of ether oxygens (including phenoxy) is 4. The van der Waals surface area contributed by atoms with E-state index in [-0.39, 0.29) is 11.8 Å². The van der Waals surface area contributed by atoms with Crippen LogP contribution in [-0.2, 0) is 12.8 Å². The summed E-state index contributed by atoms with van der Waals surface area (Å²) in [5.74, 6) is 3.09. The van der Waals surface area contributed by atoms with Gasteiger partial charge in [-0.15, -0.1) is 20.4 Å². The van der Waals surface area contributed by atoms with E-state index in [2.05, 4.69) is 31.0 Å². The number of benzene rings is 2. The molecule has 2 amide bonds. The first-order valence-corrected chi connectivity index (χ1v) is 15.0. The van der Waals surface area contributed by atoms with Gasteiger partial charge in [-0.05, 0) is 47.9 Å². The average Bonchev–Trinajstić information content (AvgIpc) is 3.65. The summed E-state index contributed by atoms with van der Waals surface area (Å²) in [6.45, 7) is 0. The molecule has 0 aliphatic heterocycles. The zero-order chi connectivity index (χ0) is 29.2. The molecule has 0 saturated carbocycles. The summed E-state index contributed by atoms with van der Waals surface area (Å²) >= 11 is 4.43. The number of rotatable bonds is 14. The number of carbonyl (C=O) groups excluding carboxylic acids is 2. The van der Waals surface area contributed by atoms with Crippen molar-refractivity contribution in [1.82, 2.24) is 20.4 Å². The molecule has 2 aromatic carbocycles. The number of amides is 2. The standard InChI is InChI=1S/C26H28N6O6S3/c1-35-17-7-5-15(13-19(17)37-3)23(33)27-25-31-29-21(40-25)9-11-39-12-10-22-30-32-26(41-22)28-24(34)16-6-8-18(36-2)20(14-16)38-4/h5-8,13-14H,9-12H2,1-4H3,(H,27,31,33)(H,28,32,34). The molecular weight excluding hydrogens is 589 g/mol. The van der Waals surface area contributed by atoms with Crippen LogP contribution in [0, 0.1) is 0 Å². The molecule has 0 radical (unpaired) electrons. The highest BCUT2D eigenvalue weighted by atomic mass is 32.2. The van der Waals surface area contributed by atoms with Gasteiger partial charge in [0.15, 0.2) is 23.0 Å². The number of thioether (sulfide) groups is 1. The predicted molar refractivity (Wildman–Crippen MR) is 160 cm³/mol. The van der Waals surface area contributed by atoms with E-state index >= 15 is 0 Å². The van der Waals surface area contributed by atoms with E-state index in [4.69, 9.17) is 18.9 Å². The summed E-state index contributed by atoms with van der Waals surface area (Å²) in [5, 5.41) is 24.6. The second-order valence-corrected chi connectivity index (χ2v) is 11.5. The fraction of sp³-hybridized carbons (Fsp3) is 0.308. The summed E-state index contributed by atoms with van der Waals surface area (Å²) in [6.07, 6.45) is 1.44. The Labute approximate surface area is 248 Å². The van der Waals surface area contributed by atoms with E-state index < -0.39 is 0 Å². The fourth-order valence-electron chi connectivity index (χ4n) is 3.52. The molecule has 2 N–H and O–H groups in total. The van der Waals surface area contributed by atoms with Crippen molar-refractivity contribution in [3.8, 4) is 23.0 Å². The molecule has 0 fully saturated rings. The van der Waals surface area contributed by atoms with Gasteiger partial charge >= 0.3 is 0 Å². The number of hydrogen-bond donors (Lipinski definition) is 2. The summed E-state index contributed by atoms with van der Waals surface area (Å²) in [6, 6.07) is 9.88. The van der Waals surface area contributed by atoms with Gasteiger partial charge in [-0.2, -0.15) is 11.8 Å². The molecule has 0 unspecified atom stereocenters. The molecule has 41 heavy (non-hydrogen) atoms. The molecule has 0 spiro atoms. The summed E-state index contributed by atoms with van der Waals surface area (Å²) in [4.78, 5) is 25.2. The van der Waals surface area contributed by atoms with Gasteiger partial charge in [0.25, 0.3) is 11.8 Å². The van der Waals surface area contributed by atoms with Crippen LogP contribution >= 0.6 is 34.4 Å². The zero-order valence-electron chi connectivity index (χ0n) is 22.8. The maximum absolute atomic E-state index is 12.6. The lowest BCUT2D eigenvalue weighted by Gasteiger charge is -2.08. The van der Waals surface area contributed by atoms with Crippen LogP contribution in [0.5, 0.6) is 23.0 Å². The van der Waals surface area contributed by atoms with Gasteiger partial charge in [0, 0.05) is 24.0 Å². The van der Waals surface area contributed by atoms with E-state index in [0.717, 1.165) is 34.4 Å². The molecule has 0 aliphatic rings. The van der Waals surface area contributed by atoms with Crippen LogP contribution in [-0.4, -0.2) is 72.2 Å². The van der Waals surface area contributed by atoms with Crippen LogP contribution in [0.2, 0.25) is 0 Å². The maximum Gasteiger partial charge on any atom is 0.257 e. The van der Waals surface area contributed by atoms with Crippen LogP contribution in [0.3, 0.4) is 0 Å². The first-order valence-electron chi connectivity index (χ1n) is 12.2. The number of carbonyl (C=O) groups is 2. The Morgan fingerprint density at radius 2 is 1.07 bits per heavy atom. The lowest BCUT2D eigenvalue weighted by atomic mass is 10.2. The van der Waals surface area contributed by atoms with Crippen LogP contribution < -0.4 is 29.6 Å². The van der Waals surface area contributed by atoms with E-state index in [1.54, 1.807) is 48.2 Å². The number of aromatic nitrogens is 4. The van der Waals surface area contributed by atoms with E-state index in [0.29, 0.717) is 44.4 Å². The Morgan fingerprint density at radius 1 is 0.659 bits per heavy atom. The summed E-state index contributed by atoms with van der Waals surface area (Å²) in [5.41, 5.74) is 0.852. The van der Waals surface area contributed by atoms with Crippen LogP contribution in [0.25, 0.3) is 0 Å². The van der Waals surface area contributed by atoms with Gasteiger partial charge in [0.05, 0.1) is 28.4 Å². The van der Waals surface area contributed by atoms with Crippen molar-refractivity contribution >= 4 is 56.5 Å². The third kappa shape index (κ3) is 8.05. The van der Waals surface area contributed by atoms with Crippen LogP contribution in [0.15, 0.2) is 36.4 Å². The second kappa shape index (κ2) is 14.6. The van der Waals surface area contributed by atoms with Crippen molar-refractivity contribution in [2.75, 3.05) is 50.6 Å². The summed E-state index contributed by atoms with van der Waals surface area (Å²) < 4.78 is 20.9. The highest BCUT2D eigenvalue weighted by molar-refractivity contribution is 7.99. The SMILES string of the molecule is COc1ccc(C(=O)Nc2nnc(CCSCCc3nnc(NC(=O)c4ccc(OC)c(OC)c4)s3)s2)cc1OC. The molecule has 0 bridgehead atoms. The minimum Gasteiger partial charge on any atom is -0.493 e. The molecule has 0 saturated heterocycles. The first kappa shape index (κ1) is 30.0. The molecule has 216 valence electrons. The van der Waals surface area contributed by atoms with E-state index in [1.807, 2.05) is 0 Å². The van der Waals surface area contributed by atoms with Crippen molar-refractivity contribution in [2.24, 2.45) is 0 Å². The lowest BCUT2D eigenvalue weighted by molar-refractivity contribution is 0.101. The third-order valence-electron chi connectivity index (χ3n) is 5.59. The molecule has 2 heterocycles. The topological polar surface area (TPSA) is 147 Å². The predicted octanol–water partition coefficient (Wildman–Crippen LogP) is 4.45. The molecule has 4 aromatic rings. The first-order chi connectivity index (χ1) is 19.9. The van der Waals surface area contributed by atoms with Crippen LogP contribution in [0.4, 0.5) is 10.3 Å². The Balaban J connectivity index is 1.18. The van der Waals surface area contributed by atoms with Gasteiger partial charge in [0.1, 0.15) is 10.0 Å². The Morgan fingerprint density at radius 3 is 1.46 bits per heavy atom. The monoisotopic (exact) mass is 616 g/mol. The average molecular weight is 617 g/mol. The molecule has 2 aromatic heterocycles. The van der Waals surface area contributed by atoms with Gasteiger partial charge in [0.2, 0.25) is 10.3 Å². The van der Waals surface area contributed by atoms with Crippen molar-refractivity contribution in [2.45, 2.75) is 12.8 Å². The molecule has 0 aliphatic carbocycles. The molecule has 4 rings (SSSR count). The van der Waals surface area contributed by atoms with Crippen molar-refractivity contribution in [3.05, 3.63) is 57.5 Å². The number of nitrogens with one attached hydrogen (secondary N) is 2. The number of methoxy groups -OCH3 is 4. The van der Waals surface area contributed by atoms with Crippen molar-refractivity contribution < 1.29 is 28.5 Å². The van der Waals surface area contributed by atoms with E-state index in [9.17, 15) is 9.59 Å². The smallest absolute Gasteiger partial charge is 0.257 e. The highest BCUT2D eigenvalue weighted by Crippen LogP contribution is 2.29. The highest BCUT2D eigenvalue weighted by Gasteiger charge is 2.15. The van der Waals surface area contributed by atoms with Crippen molar-refractivity contribution in [3.63, 3.8) is 0 Å². The largest absolute Gasteiger partial charge is 0.493 e. The number of aryl methyl sites for hydroxylation is 2.